The van der Waals surface area contributed by atoms with E-state index in [4.69, 9.17) is 9.15 Å². The zero-order chi connectivity index (χ0) is 13.9. The molecule has 1 saturated carbocycles. The predicted molar refractivity (Wildman–Crippen MR) is 73.2 cm³/mol. The maximum atomic E-state index is 12.1. The van der Waals surface area contributed by atoms with Crippen molar-refractivity contribution >= 4 is 17.7 Å². The summed E-state index contributed by atoms with van der Waals surface area (Å²) in [5, 5.41) is 4.15. The zero-order valence-corrected chi connectivity index (χ0v) is 12.4. The van der Waals surface area contributed by atoms with Crippen LogP contribution < -0.4 is 5.32 Å². The molecule has 1 N–H and O–H groups in total. The fourth-order valence-electron chi connectivity index (χ4n) is 2.41. The number of carbonyl (C=O) groups excluding carboxylic acids is 1. The molecule has 1 fully saturated rings. The third-order valence-electron chi connectivity index (χ3n) is 3.48. The maximum Gasteiger partial charge on any atom is 0.326 e. The van der Waals surface area contributed by atoms with E-state index in [1.165, 1.54) is 0 Å². The Hall–Kier alpha value is -1.01. The number of rotatable bonds is 5. The van der Waals surface area contributed by atoms with Gasteiger partial charge in [-0.15, -0.1) is 0 Å². The highest BCUT2D eigenvalue weighted by molar-refractivity contribution is 7.99. The lowest BCUT2D eigenvalue weighted by Crippen LogP contribution is -2.49. The lowest BCUT2D eigenvalue weighted by molar-refractivity contribution is -0.150. The Bertz CT molecular complexity index is 449. The number of nitrogens with zero attached hydrogens (tertiary/aromatic N) is 1. The summed E-state index contributed by atoms with van der Waals surface area (Å²) < 4.78 is 10.5. The second kappa shape index (κ2) is 5.96. The van der Waals surface area contributed by atoms with Gasteiger partial charge in [0.2, 0.25) is 0 Å². The van der Waals surface area contributed by atoms with E-state index < -0.39 is 5.54 Å². The quantitative estimate of drug-likeness (QED) is 0.836. The van der Waals surface area contributed by atoms with Gasteiger partial charge in [0, 0.05) is 5.25 Å². The maximum absolute atomic E-state index is 12.1. The number of aromatic nitrogens is 1. The normalized spacial score (nSPS) is 26.6. The van der Waals surface area contributed by atoms with Crippen LogP contribution >= 0.6 is 11.8 Å². The minimum Gasteiger partial charge on any atom is -0.465 e. The van der Waals surface area contributed by atoms with E-state index in [0.717, 1.165) is 25.0 Å². The molecule has 19 heavy (non-hydrogen) atoms. The molecular weight excluding hydrogens is 264 g/mol. The van der Waals surface area contributed by atoms with Crippen LogP contribution in [0, 0.1) is 6.92 Å². The Morgan fingerprint density at radius 1 is 1.74 bits per heavy atom. The van der Waals surface area contributed by atoms with Crippen molar-refractivity contribution in [1.82, 2.24) is 10.3 Å². The molecule has 1 aromatic heterocycles. The number of thioether (sulfide) groups is 1. The molecule has 2 rings (SSSR count). The molecule has 0 bridgehead atoms. The number of esters is 1. The highest BCUT2D eigenvalue weighted by atomic mass is 32.2. The van der Waals surface area contributed by atoms with Gasteiger partial charge < -0.3 is 14.5 Å². The van der Waals surface area contributed by atoms with Gasteiger partial charge in [-0.1, -0.05) is 11.8 Å². The van der Waals surface area contributed by atoms with Crippen molar-refractivity contribution in [3.05, 3.63) is 12.0 Å². The number of carbonyl (C=O) groups is 1. The van der Waals surface area contributed by atoms with Gasteiger partial charge in [0.05, 0.1) is 12.3 Å². The first kappa shape index (κ1) is 14.4. The van der Waals surface area contributed by atoms with E-state index in [2.05, 4.69) is 10.3 Å². The predicted octanol–water partition coefficient (Wildman–Crippen LogP) is 2.15. The number of aryl methyl sites for hydroxylation is 1. The first-order valence-corrected chi connectivity index (χ1v) is 7.42. The van der Waals surface area contributed by atoms with Crippen LogP contribution in [0.2, 0.25) is 0 Å². The number of hydrogen-bond donors (Lipinski definition) is 1. The van der Waals surface area contributed by atoms with Crippen molar-refractivity contribution in [1.29, 1.82) is 0 Å². The molecule has 0 aliphatic heterocycles. The monoisotopic (exact) mass is 284 g/mol. The molecule has 1 heterocycles. The fourth-order valence-corrected chi connectivity index (χ4v) is 3.60. The summed E-state index contributed by atoms with van der Waals surface area (Å²) in [6.45, 7) is 4.15. The van der Waals surface area contributed by atoms with Crippen molar-refractivity contribution < 1.29 is 13.9 Å². The number of likely N-dealkylation sites (N-methyl/N-ethyl adjacent to an activating group) is 1. The Labute approximate surface area is 117 Å². The van der Waals surface area contributed by atoms with Crippen molar-refractivity contribution in [3.63, 3.8) is 0 Å². The molecule has 2 unspecified atom stereocenters. The highest BCUT2D eigenvalue weighted by Crippen LogP contribution is 2.40. The third kappa shape index (κ3) is 3.12. The topological polar surface area (TPSA) is 64.4 Å². The van der Waals surface area contributed by atoms with Crippen molar-refractivity contribution in [3.8, 4) is 0 Å². The number of oxazole rings is 1. The minimum absolute atomic E-state index is 0.149. The van der Waals surface area contributed by atoms with E-state index in [1.54, 1.807) is 18.0 Å². The van der Waals surface area contributed by atoms with Gasteiger partial charge in [-0.2, -0.15) is 0 Å². The van der Waals surface area contributed by atoms with Gasteiger partial charge in [-0.25, -0.2) is 4.98 Å². The summed E-state index contributed by atoms with van der Waals surface area (Å²) in [6, 6.07) is 0. The van der Waals surface area contributed by atoms with Crippen LogP contribution in [0.5, 0.6) is 0 Å². The van der Waals surface area contributed by atoms with Crippen LogP contribution in [-0.4, -0.2) is 35.4 Å². The lowest BCUT2D eigenvalue weighted by atomic mass is 9.98. The van der Waals surface area contributed by atoms with Gasteiger partial charge in [-0.05, 0) is 40.2 Å². The van der Waals surface area contributed by atoms with E-state index >= 15 is 0 Å². The van der Waals surface area contributed by atoms with Gasteiger partial charge in [-0.3, -0.25) is 4.79 Å². The van der Waals surface area contributed by atoms with Gasteiger partial charge in [0.1, 0.15) is 11.8 Å². The molecule has 106 valence electrons. The Morgan fingerprint density at radius 3 is 3.11 bits per heavy atom. The standard InChI is InChI=1S/C13H20N2O3S/c1-4-17-11(16)13(14-3)6-5-10(7-13)19-12-15-9(2)8-18-12/h8,10,14H,4-7H2,1-3H3. The molecule has 6 heteroatoms. The largest absolute Gasteiger partial charge is 0.465 e. The second-order valence-electron chi connectivity index (χ2n) is 4.79. The summed E-state index contributed by atoms with van der Waals surface area (Å²) in [7, 11) is 1.82. The third-order valence-corrected chi connectivity index (χ3v) is 4.60. The Balaban J connectivity index is 1.99. The number of hydrogen-bond acceptors (Lipinski definition) is 6. The SMILES string of the molecule is CCOC(=O)C1(NC)CCC(Sc2nc(C)co2)C1. The molecule has 0 saturated heterocycles. The minimum atomic E-state index is -0.546. The summed E-state index contributed by atoms with van der Waals surface area (Å²) in [6.07, 6.45) is 4.13. The number of nitrogens with one attached hydrogen (secondary N) is 1. The molecule has 0 amide bonds. The second-order valence-corrected chi connectivity index (χ2v) is 6.04. The van der Waals surface area contributed by atoms with E-state index in [1.807, 2.05) is 20.9 Å². The Morgan fingerprint density at radius 2 is 2.53 bits per heavy atom. The van der Waals surface area contributed by atoms with Crippen molar-refractivity contribution in [2.24, 2.45) is 0 Å². The molecule has 1 aliphatic rings. The van der Waals surface area contributed by atoms with E-state index in [9.17, 15) is 4.79 Å². The van der Waals surface area contributed by atoms with Gasteiger partial charge in [0.25, 0.3) is 5.22 Å². The molecule has 1 aromatic rings. The van der Waals surface area contributed by atoms with Gasteiger partial charge in [0.15, 0.2) is 0 Å². The molecule has 0 aromatic carbocycles. The summed E-state index contributed by atoms with van der Waals surface area (Å²) in [5.74, 6) is -0.149. The van der Waals surface area contributed by atoms with Crippen LogP contribution in [-0.2, 0) is 9.53 Å². The van der Waals surface area contributed by atoms with Gasteiger partial charge >= 0.3 is 5.97 Å². The first-order valence-electron chi connectivity index (χ1n) is 6.54. The summed E-state index contributed by atoms with van der Waals surface area (Å²) >= 11 is 1.60. The molecular formula is C13H20N2O3S. The first-order chi connectivity index (χ1) is 9.09. The van der Waals surface area contributed by atoms with Crippen LogP contribution in [0.25, 0.3) is 0 Å². The van der Waals surface area contributed by atoms with E-state index in [-0.39, 0.29) is 5.97 Å². The van der Waals surface area contributed by atoms with Crippen LogP contribution in [0.15, 0.2) is 15.9 Å². The fraction of sp³-hybridized carbons (Fsp3) is 0.692. The highest BCUT2D eigenvalue weighted by Gasteiger charge is 2.46. The average Bonchev–Trinajstić information content (AvgIpc) is 2.98. The van der Waals surface area contributed by atoms with Crippen molar-refractivity contribution in [2.75, 3.05) is 13.7 Å². The smallest absolute Gasteiger partial charge is 0.326 e. The molecule has 2 atom stereocenters. The summed E-state index contributed by atoms with van der Waals surface area (Å²) in [5.41, 5.74) is 0.334. The zero-order valence-electron chi connectivity index (χ0n) is 11.6. The molecule has 0 radical (unpaired) electrons. The molecule has 1 aliphatic carbocycles. The molecule has 5 nitrogen and oxygen atoms in total. The average molecular weight is 284 g/mol. The van der Waals surface area contributed by atoms with E-state index in [0.29, 0.717) is 17.1 Å². The van der Waals surface area contributed by atoms with Crippen LogP contribution in [0.3, 0.4) is 0 Å². The lowest BCUT2D eigenvalue weighted by Gasteiger charge is -2.26. The Kier molecular flexibility index (Phi) is 4.52. The van der Waals surface area contributed by atoms with Crippen LogP contribution in [0.1, 0.15) is 31.9 Å². The summed E-state index contributed by atoms with van der Waals surface area (Å²) in [4.78, 5) is 16.4. The molecule has 0 spiro atoms. The number of ether oxygens (including phenoxy) is 1. The van der Waals surface area contributed by atoms with Crippen molar-refractivity contribution in [2.45, 2.75) is 49.1 Å². The van der Waals surface area contributed by atoms with Crippen LogP contribution in [0.4, 0.5) is 0 Å².